The SMILES string of the molecule is CC(N(C)C(=O)c1ccc(N)c(Cl)c1)C(C)(C)C. The van der Waals surface area contributed by atoms with Gasteiger partial charge in [0.1, 0.15) is 0 Å². The molecule has 1 aromatic rings. The molecule has 18 heavy (non-hydrogen) atoms. The van der Waals surface area contributed by atoms with Gasteiger partial charge in [0, 0.05) is 18.7 Å². The molecule has 0 aliphatic heterocycles. The number of nitrogen functional groups attached to an aromatic ring is 1. The lowest BCUT2D eigenvalue weighted by atomic mass is 9.87. The Bertz CT molecular complexity index is 452. The first-order valence-electron chi connectivity index (χ1n) is 5.96. The minimum Gasteiger partial charge on any atom is -0.398 e. The highest BCUT2D eigenvalue weighted by Gasteiger charge is 2.27. The maximum absolute atomic E-state index is 12.3. The Hall–Kier alpha value is -1.22. The van der Waals surface area contributed by atoms with Crippen molar-refractivity contribution in [1.29, 1.82) is 0 Å². The Kier molecular flexibility index (Phi) is 4.28. The standard InChI is InChI=1S/C14H21ClN2O/c1-9(14(2,3)4)17(5)13(18)10-6-7-12(16)11(15)8-10/h6-9H,16H2,1-5H3. The lowest BCUT2D eigenvalue weighted by Crippen LogP contribution is -2.42. The zero-order valence-corrected chi connectivity index (χ0v) is 12.4. The van der Waals surface area contributed by atoms with E-state index >= 15 is 0 Å². The summed E-state index contributed by atoms with van der Waals surface area (Å²) in [4.78, 5) is 14.1. The molecule has 0 radical (unpaired) electrons. The van der Waals surface area contributed by atoms with Gasteiger partial charge in [0.25, 0.3) is 5.91 Å². The Balaban J connectivity index is 2.97. The summed E-state index contributed by atoms with van der Waals surface area (Å²) in [5.74, 6) is -0.0423. The number of amides is 1. The van der Waals surface area contributed by atoms with Gasteiger partial charge >= 0.3 is 0 Å². The van der Waals surface area contributed by atoms with Crippen LogP contribution in [0.4, 0.5) is 5.69 Å². The number of hydrogen-bond donors (Lipinski definition) is 1. The van der Waals surface area contributed by atoms with Gasteiger partial charge in [-0.1, -0.05) is 32.4 Å². The second kappa shape index (κ2) is 5.19. The topological polar surface area (TPSA) is 46.3 Å². The van der Waals surface area contributed by atoms with Crippen molar-refractivity contribution < 1.29 is 4.79 Å². The molecule has 0 spiro atoms. The number of nitrogens with two attached hydrogens (primary N) is 1. The molecular weight excluding hydrogens is 248 g/mol. The van der Waals surface area contributed by atoms with Gasteiger partial charge < -0.3 is 10.6 Å². The molecule has 3 nitrogen and oxygen atoms in total. The first-order chi connectivity index (χ1) is 8.14. The van der Waals surface area contributed by atoms with Crippen molar-refractivity contribution in [2.45, 2.75) is 33.7 Å². The molecule has 1 amide bonds. The molecule has 0 fully saturated rings. The summed E-state index contributed by atoms with van der Waals surface area (Å²) >= 11 is 5.94. The van der Waals surface area contributed by atoms with E-state index in [0.29, 0.717) is 16.3 Å². The number of hydrogen-bond acceptors (Lipinski definition) is 2. The number of carbonyl (C=O) groups is 1. The summed E-state index contributed by atoms with van der Waals surface area (Å²) in [5, 5.41) is 0.415. The highest BCUT2D eigenvalue weighted by atomic mass is 35.5. The van der Waals surface area contributed by atoms with E-state index in [2.05, 4.69) is 20.8 Å². The summed E-state index contributed by atoms with van der Waals surface area (Å²) in [6, 6.07) is 5.10. The van der Waals surface area contributed by atoms with E-state index in [9.17, 15) is 4.79 Å². The predicted octanol–water partition coefficient (Wildman–Crippen LogP) is 3.43. The maximum atomic E-state index is 12.3. The van der Waals surface area contributed by atoms with Gasteiger partial charge in [0.2, 0.25) is 0 Å². The van der Waals surface area contributed by atoms with Crippen molar-refractivity contribution in [3.63, 3.8) is 0 Å². The Morgan fingerprint density at radius 1 is 1.39 bits per heavy atom. The molecule has 1 unspecified atom stereocenters. The third-order valence-electron chi connectivity index (χ3n) is 3.40. The number of rotatable bonds is 2. The van der Waals surface area contributed by atoms with Crippen LogP contribution in [-0.2, 0) is 0 Å². The minimum absolute atomic E-state index is 0.0298. The summed E-state index contributed by atoms with van der Waals surface area (Å²) in [6.07, 6.45) is 0. The molecule has 0 aliphatic rings. The first-order valence-corrected chi connectivity index (χ1v) is 6.34. The molecule has 2 N–H and O–H groups in total. The van der Waals surface area contributed by atoms with Crippen LogP contribution in [0.3, 0.4) is 0 Å². The van der Waals surface area contributed by atoms with Gasteiger partial charge in [-0.05, 0) is 30.5 Å². The van der Waals surface area contributed by atoms with Gasteiger partial charge in [-0.15, -0.1) is 0 Å². The number of nitrogens with zero attached hydrogens (tertiary/aromatic N) is 1. The third-order valence-corrected chi connectivity index (χ3v) is 3.73. The average Bonchev–Trinajstić information content (AvgIpc) is 2.28. The summed E-state index contributed by atoms with van der Waals surface area (Å²) < 4.78 is 0. The van der Waals surface area contributed by atoms with Crippen LogP contribution >= 0.6 is 11.6 Å². The fourth-order valence-corrected chi connectivity index (χ4v) is 1.80. The number of carbonyl (C=O) groups excluding carboxylic acids is 1. The van der Waals surface area contributed by atoms with Gasteiger partial charge in [0.05, 0.1) is 10.7 Å². The molecule has 0 bridgehead atoms. The van der Waals surface area contributed by atoms with Gasteiger partial charge in [-0.2, -0.15) is 0 Å². The minimum atomic E-state index is -0.0423. The fourth-order valence-electron chi connectivity index (χ4n) is 1.62. The molecule has 0 saturated heterocycles. The largest absolute Gasteiger partial charge is 0.398 e. The molecule has 4 heteroatoms. The van der Waals surface area contributed by atoms with Crippen molar-refractivity contribution in [3.8, 4) is 0 Å². The lowest BCUT2D eigenvalue weighted by molar-refractivity contribution is 0.0629. The van der Waals surface area contributed by atoms with Gasteiger partial charge in [-0.25, -0.2) is 0 Å². The van der Waals surface area contributed by atoms with Crippen molar-refractivity contribution in [2.24, 2.45) is 5.41 Å². The van der Waals surface area contributed by atoms with Crippen LogP contribution in [0.1, 0.15) is 38.1 Å². The summed E-state index contributed by atoms with van der Waals surface area (Å²) in [5.41, 5.74) is 6.72. The second-order valence-corrected chi connectivity index (χ2v) is 6.10. The van der Waals surface area contributed by atoms with E-state index < -0.39 is 0 Å². The number of benzene rings is 1. The number of halogens is 1. The fraction of sp³-hybridized carbons (Fsp3) is 0.500. The monoisotopic (exact) mass is 268 g/mol. The normalized spacial score (nSPS) is 13.2. The number of anilines is 1. The molecule has 0 aromatic heterocycles. The third kappa shape index (κ3) is 3.16. The summed E-state index contributed by atoms with van der Waals surface area (Å²) in [7, 11) is 1.81. The van der Waals surface area contributed by atoms with E-state index in [1.807, 2.05) is 14.0 Å². The smallest absolute Gasteiger partial charge is 0.253 e. The molecular formula is C14H21ClN2O. The summed E-state index contributed by atoms with van der Waals surface area (Å²) in [6.45, 7) is 8.36. The molecule has 1 atom stereocenters. The maximum Gasteiger partial charge on any atom is 0.253 e. The van der Waals surface area contributed by atoms with Crippen LogP contribution in [0.15, 0.2) is 18.2 Å². The van der Waals surface area contributed by atoms with E-state index in [4.69, 9.17) is 17.3 Å². The Labute approximate surface area is 114 Å². The van der Waals surface area contributed by atoms with Crippen LogP contribution in [0, 0.1) is 5.41 Å². The molecule has 100 valence electrons. The van der Waals surface area contributed by atoms with E-state index in [0.717, 1.165) is 0 Å². The molecule has 0 heterocycles. The van der Waals surface area contributed by atoms with Crippen LogP contribution < -0.4 is 5.73 Å². The predicted molar refractivity (Wildman–Crippen MR) is 76.9 cm³/mol. The van der Waals surface area contributed by atoms with Gasteiger partial charge in [0.15, 0.2) is 0 Å². The van der Waals surface area contributed by atoms with Crippen LogP contribution in [0.25, 0.3) is 0 Å². The van der Waals surface area contributed by atoms with Crippen LogP contribution in [0.2, 0.25) is 5.02 Å². The van der Waals surface area contributed by atoms with Crippen molar-refractivity contribution in [3.05, 3.63) is 28.8 Å². The second-order valence-electron chi connectivity index (χ2n) is 5.69. The van der Waals surface area contributed by atoms with E-state index in [1.54, 1.807) is 23.1 Å². The highest BCUT2D eigenvalue weighted by Crippen LogP contribution is 2.25. The lowest BCUT2D eigenvalue weighted by Gasteiger charge is -2.35. The Morgan fingerprint density at radius 2 is 1.94 bits per heavy atom. The molecule has 0 saturated carbocycles. The highest BCUT2D eigenvalue weighted by molar-refractivity contribution is 6.33. The van der Waals surface area contributed by atoms with Crippen molar-refractivity contribution in [1.82, 2.24) is 4.90 Å². The van der Waals surface area contributed by atoms with E-state index in [1.165, 1.54) is 0 Å². The van der Waals surface area contributed by atoms with Crippen LogP contribution in [-0.4, -0.2) is 23.9 Å². The van der Waals surface area contributed by atoms with Crippen molar-refractivity contribution >= 4 is 23.2 Å². The first kappa shape index (κ1) is 14.8. The zero-order chi connectivity index (χ0) is 14.1. The Morgan fingerprint density at radius 3 is 2.39 bits per heavy atom. The quantitative estimate of drug-likeness (QED) is 0.836. The van der Waals surface area contributed by atoms with Gasteiger partial charge in [-0.3, -0.25) is 4.79 Å². The van der Waals surface area contributed by atoms with Crippen molar-refractivity contribution in [2.75, 3.05) is 12.8 Å². The molecule has 1 aromatic carbocycles. The molecule has 1 rings (SSSR count). The van der Waals surface area contributed by atoms with Crippen LogP contribution in [0.5, 0.6) is 0 Å². The van der Waals surface area contributed by atoms with E-state index in [-0.39, 0.29) is 17.4 Å². The average molecular weight is 269 g/mol. The molecule has 0 aliphatic carbocycles. The zero-order valence-electron chi connectivity index (χ0n) is 11.6.